The molecule has 1 fully saturated rings. The van der Waals surface area contributed by atoms with Gasteiger partial charge in [-0.05, 0) is 12.8 Å². The lowest BCUT2D eigenvalue weighted by Gasteiger charge is -2.46. The average molecular weight is 614 g/mol. The first kappa shape index (κ1) is 39.8. The van der Waals surface area contributed by atoms with Gasteiger partial charge in [0, 0.05) is 13.0 Å². The summed E-state index contributed by atoms with van der Waals surface area (Å²) in [5.74, 6) is -0.604. The Morgan fingerprint density at radius 2 is 1.14 bits per heavy atom. The van der Waals surface area contributed by atoms with Crippen LogP contribution in [0.15, 0.2) is 0 Å². The molecule has 0 bridgehead atoms. The lowest BCUT2D eigenvalue weighted by molar-refractivity contribution is -0.231. The maximum absolute atomic E-state index is 13.6. The Morgan fingerprint density at radius 1 is 0.698 bits per heavy atom. The van der Waals surface area contributed by atoms with Crippen molar-refractivity contribution in [2.24, 2.45) is 5.73 Å². The molecule has 0 radical (unpaired) electrons. The van der Waals surface area contributed by atoms with Crippen LogP contribution in [0, 0.1) is 0 Å². The summed E-state index contributed by atoms with van der Waals surface area (Å²) in [5.41, 5.74) is 5.51. The predicted molar refractivity (Wildman–Crippen MR) is 173 cm³/mol. The highest BCUT2D eigenvalue weighted by molar-refractivity contribution is 5.79. The molecule has 5 atom stereocenters. The third kappa shape index (κ3) is 17.1. The van der Waals surface area contributed by atoms with E-state index in [-0.39, 0.29) is 12.5 Å². The van der Waals surface area contributed by atoms with Crippen LogP contribution >= 0.6 is 0 Å². The second kappa shape index (κ2) is 26.0. The van der Waals surface area contributed by atoms with Crippen molar-refractivity contribution >= 4 is 11.8 Å². The quantitative estimate of drug-likeness (QED) is 0.0789. The molecule has 0 aromatic carbocycles. The van der Waals surface area contributed by atoms with E-state index in [1.165, 1.54) is 96.3 Å². The lowest BCUT2D eigenvalue weighted by atomic mass is 9.94. The zero-order valence-corrected chi connectivity index (χ0v) is 27.7. The van der Waals surface area contributed by atoms with Gasteiger partial charge in [0.05, 0.1) is 13.2 Å². The number of hydrogen-bond acceptors (Lipinski definition) is 7. The van der Waals surface area contributed by atoms with Crippen LogP contribution < -0.4 is 11.1 Å². The molecule has 1 heterocycles. The van der Waals surface area contributed by atoms with Gasteiger partial charge < -0.3 is 36.0 Å². The molecule has 1 aliphatic rings. The third-order valence-corrected chi connectivity index (χ3v) is 8.79. The maximum Gasteiger partial charge on any atom is 0.234 e. The number of aliphatic hydroxyl groups is 3. The second-order valence-electron chi connectivity index (χ2n) is 12.6. The molecule has 6 N–H and O–H groups in total. The van der Waals surface area contributed by atoms with Crippen LogP contribution in [0.3, 0.4) is 0 Å². The Labute approximate surface area is 262 Å². The zero-order valence-electron chi connectivity index (χ0n) is 27.7. The molecule has 1 aliphatic heterocycles. The van der Waals surface area contributed by atoms with E-state index in [1.54, 1.807) is 4.90 Å². The molecule has 2 amide bonds. The van der Waals surface area contributed by atoms with Crippen LogP contribution in [-0.2, 0) is 14.3 Å². The van der Waals surface area contributed by atoms with Gasteiger partial charge in [-0.1, -0.05) is 136 Å². The summed E-state index contributed by atoms with van der Waals surface area (Å²) >= 11 is 0. The van der Waals surface area contributed by atoms with Gasteiger partial charge in [0.1, 0.15) is 24.4 Å². The van der Waals surface area contributed by atoms with Crippen molar-refractivity contribution in [3.8, 4) is 0 Å². The van der Waals surface area contributed by atoms with E-state index in [4.69, 9.17) is 10.5 Å². The minimum atomic E-state index is -1.41. The van der Waals surface area contributed by atoms with Crippen molar-refractivity contribution in [1.29, 1.82) is 0 Å². The topological polar surface area (TPSA) is 145 Å². The van der Waals surface area contributed by atoms with Gasteiger partial charge in [0.2, 0.25) is 11.8 Å². The first-order chi connectivity index (χ1) is 20.9. The fourth-order valence-electron chi connectivity index (χ4n) is 6.01. The zero-order chi connectivity index (χ0) is 31.7. The van der Waals surface area contributed by atoms with Crippen LogP contribution in [0.25, 0.3) is 0 Å². The SMILES string of the molecule is CCCCCCCCCCCCCCN(C(=O)CCCCCCCCCCC)[C@@H]1O[C@H](CO)[C@@H](O)[C@H](O)[C@H]1NC(=O)CN. The number of nitrogens with zero attached hydrogens (tertiary/aromatic N) is 1. The minimum absolute atomic E-state index is 0.0942. The largest absolute Gasteiger partial charge is 0.394 e. The molecule has 0 aliphatic carbocycles. The van der Waals surface area contributed by atoms with E-state index in [2.05, 4.69) is 19.2 Å². The monoisotopic (exact) mass is 614 g/mol. The molecule has 9 heteroatoms. The summed E-state index contributed by atoms with van der Waals surface area (Å²) in [4.78, 5) is 27.4. The lowest BCUT2D eigenvalue weighted by Crippen LogP contribution is -2.69. The molecule has 0 unspecified atom stereocenters. The summed E-state index contributed by atoms with van der Waals surface area (Å²) in [5, 5.41) is 33.8. The molecular weight excluding hydrogens is 546 g/mol. The van der Waals surface area contributed by atoms with Gasteiger partial charge in [-0.15, -0.1) is 0 Å². The van der Waals surface area contributed by atoms with E-state index >= 15 is 0 Å². The summed E-state index contributed by atoms with van der Waals surface area (Å²) in [6.45, 7) is 4.09. The standard InChI is InChI=1S/C34H67N3O6/c1-3-5-7-9-11-13-14-15-17-19-21-23-25-37(30(40)24-22-20-18-16-12-10-8-6-4-2)34-31(36-29(39)26-35)33(42)32(41)28(27-38)43-34/h28,31-34,38,41-42H,3-27,35H2,1-2H3,(H,36,39)/t28-,31-,32-,33-,34-/m1/s1. The van der Waals surface area contributed by atoms with Crippen molar-refractivity contribution in [2.75, 3.05) is 19.7 Å². The van der Waals surface area contributed by atoms with E-state index < -0.39 is 43.1 Å². The smallest absolute Gasteiger partial charge is 0.234 e. The number of amides is 2. The molecule has 0 aromatic heterocycles. The fourth-order valence-corrected chi connectivity index (χ4v) is 6.01. The van der Waals surface area contributed by atoms with Crippen LogP contribution in [0.1, 0.15) is 155 Å². The summed E-state index contributed by atoms with van der Waals surface area (Å²) in [6.07, 6.45) is 20.3. The molecule has 0 aromatic rings. The minimum Gasteiger partial charge on any atom is -0.394 e. The van der Waals surface area contributed by atoms with Gasteiger partial charge in [0.25, 0.3) is 0 Å². The predicted octanol–water partition coefficient (Wildman–Crippen LogP) is 5.32. The first-order valence-electron chi connectivity index (χ1n) is 17.8. The van der Waals surface area contributed by atoms with Gasteiger partial charge in [-0.25, -0.2) is 0 Å². The van der Waals surface area contributed by atoms with Crippen LogP contribution in [0.4, 0.5) is 0 Å². The fraction of sp³-hybridized carbons (Fsp3) is 0.941. The van der Waals surface area contributed by atoms with E-state index in [0.717, 1.165) is 38.5 Å². The number of carbonyl (C=O) groups is 2. The summed E-state index contributed by atoms with van der Waals surface area (Å²) in [7, 11) is 0. The molecule has 1 rings (SSSR count). The Morgan fingerprint density at radius 3 is 1.58 bits per heavy atom. The highest BCUT2D eigenvalue weighted by atomic mass is 16.5. The number of ether oxygens (including phenoxy) is 1. The first-order valence-corrected chi connectivity index (χ1v) is 17.8. The summed E-state index contributed by atoms with van der Waals surface area (Å²) in [6, 6.07) is -1.04. The van der Waals surface area contributed by atoms with E-state index in [1.807, 2.05) is 0 Å². The van der Waals surface area contributed by atoms with Crippen molar-refractivity contribution < 1.29 is 29.6 Å². The number of nitrogens with two attached hydrogens (primary N) is 1. The van der Waals surface area contributed by atoms with Gasteiger partial charge in [-0.3, -0.25) is 9.59 Å². The van der Waals surface area contributed by atoms with Crippen molar-refractivity contribution in [2.45, 2.75) is 186 Å². The van der Waals surface area contributed by atoms with Crippen molar-refractivity contribution in [3.05, 3.63) is 0 Å². The molecule has 9 nitrogen and oxygen atoms in total. The molecule has 0 spiro atoms. The van der Waals surface area contributed by atoms with Gasteiger partial charge >= 0.3 is 0 Å². The summed E-state index contributed by atoms with van der Waals surface area (Å²) < 4.78 is 6.00. The average Bonchev–Trinajstić information content (AvgIpc) is 3.01. The Hall–Kier alpha value is -1.26. The third-order valence-electron chi connectivity index (χ3n) is 8.79. The number of rotatable bonds is 27. The Balaban J connectivity index is 2.68. The molecule has 0 saturated carbocycles. The van der Waals surface area contributed by atoms with Gasteiger partial charge in [0.15, 0.2) is 6.23 Å². The number of nitrogens with one attached hydrogen (secondary N) is 1. The number of aliphatic hydroxyl groups excluding tert-OH is 3. The van der Waals surface area contributed by atoms with Crippen molar-refractivity contribution in [1.82, 2.24) is 10.2 Å². The van der Waals surface area contributed by atoms with Gasteiger partial charge in [-0.2, -0.15) is 0 Å². The maximum atomic E-state index is 13.6. The molecule has 254 valence electrons. The normalized spacial score (nSPS) is 22.0. The van der Waals surface area contributed by atoms with E-state index in [9.17, 15) is 24.9 Å². The van der Waals surface area contributed by atoms with Crippen LogP contribution in [0.5, 0.6) is 0 Å². The van der Waals surface area contributed by atoms with E-state index in [0.29, 0.717) is 13.0 Å². The number of hydrogen-bond donors (Lipinski definition) is 5. The highest BCUT2D eigenvalue weighted by Gasteiger charge is 2.47. The second-order valence-corrected chi connectivity index (χ2v) is 12.6. The van der Waals surface area contributed by atoms with Crippen LogP contribution in [0.2, 0.25) is 0 Å². The molecular formula is C34H67N3O6. The highest BCUT2D eigenvalue weighted by Crippen LogP contribution is 2.26. The molecule has 1 saturated heterocycles. The Bertz CT molecular complexity index is 697. The Kier molecular flexibility index (Phi) is 24.0. The van der Waals surface area contributed by atoms with Crippen LogP contribution in [-0.4, -0.2) is 82.3 Å². The van der Waals surface area contributed by atoms with Crippen molar-refractivity contribution in [3.63, 3.8) is 0 Å². The number of carbonyl (C=O) groups excluding carboxylic acids is 2. The number of unbranched alkanes of at least 4 members (excludes halogenated alkanes) is 19. The molecule has 43 heavy (non-hydrogen) atoms.